The molecule has 1 aromatic carbocycles. The van der Waals surface area contributed by atoms with Crippen LogP contribution < -0.4 is 4.74 Å². The van der Waals surface area contributed by atoms with Gasteiger partial charge in [0.15, 0.2) is 0 Å². The van der Waals surface area contributed by atoms with E-state index in [0.717, 1.165) is 44.1 Å². The van der Waals surface area contributed by atoms with E-state index in [1.807, 2.05) is 12.1 Å². The second-order valence-electron chi connectivity index (χ2n) is 6.06. The lowest BCUT2D eigenvalue weighted by atomic mass is 10.2. The Balaban J connectivity index is 2.04. The zero-order valence-corrected chi connectivity index (χ0v) is 15.5. The molecule has 1 aromatic rings. The Labute approximate surface area is 147 Å². The average molecular weight is 341 g/mol. The third-order valence-corrected chi connectivity index (χ3v) is 4.15. The van der Waals surface area contributed by atoms with Crippen molar-refractivity contribution in [1.29, 1.82) is 0 Å². The van der Waals surface area contributed by atoms with Gasteiger partial charge < -0.3 is 9.47 Å². The number of benzene rings is 1. The molecule has 132 valence electrons. The highest BCUT2D eigenvalue weighted by molar-refractivity contribution is 6.17. The molecule has 1 rings (SSSR count). The summed E-state index contributed by atoms with van der Waals surface area (Å²) in [5.41, 5.74) is 1.21. The molecule has 0 N–H and O–H groups in total. The summed E-state index contributed by atoms with van der Waals surface area (Å²) < 4.78 is 11.5. The van der Waals surface area contributed by atoms with Gasteiger partial charge in [0.25, 0.3) is 0 Å². The summed E-state index contributed by atoms with van der Waals surface area (Å²) in [7, 11) is 0. The summed E-state index contributed by atoms with van der Waals surface area (Å²) >= 11 is 5.65. The molecule has 3 heteroatoms. The fourth-order valence-corrected chi connectivity index (χ4v) is 2.61. The van der Waals surface area contributed by atoms with E-state index in [9.17, 15) is 0 Å². The van der Waals surface area contributed by atoms with E-state index in [4.69, 9.17) is 21.1 Å². The third kappa shape index (κ3) is 11.4. The van der Waals surface area contributed by atoms with Gasteiger partial charge in [0.2, 0.25) is 0 Å². The molecule has 0 aliphatic heterocycles. The van der Waals surface area contributed by atoms with Gasteiger partial charge >= 0.3 is 0 Å². The van der Waals surface area contributed by atoms with Crippen molar-refractivity contribution >= 4 is 11.6 Å². The van der Waals surface area contributed by atoms with Gasteiger partial charge in [-0.1, -0.05) is 57.6 Å². The van der Waals surface area contributed by atoms with Crippen LogP contribution in [0.15, 0.2) is 24.3 Å². The van der Waals surface area contributed by atoms with Crippen molar-refractivity contribution in [2.24, 2.45) is 0 Å². The largest absolute Gasteiger partial charge is 0.494 e. The minimum atomic E-state index is 0.687. The quantitative estimate of drug-likeness (QED) is 0.273. The highest BCUT2D eigenvalue weighted by atomic mass is 35.5. The molecule has 0 saturated carbocycles. The summed E-state index contributed by atoms with van der Waals surface area (Å²) in [6.07, 6.45) is 11.0. The maximum atomic E-state index is 5.77. The number of alkyl halides is 1. The Kier molecular flexibility index (Phi) is 13.1. The van der Waals surface area contributed by atoms with E-state index < -0.39 is 0 Å². The number of hydrogen-bond acceptors (Lipinski definition) is 2. The van der Waals surface area contributed by atoms with Gasteiger partial charge in [-0.25, -0.2) is 0 Å². The number of ether oxygens (including phenoxy) is 2. The van der Waals surface area contributed by atoms with Gasteiger partial charge in [-0.05, 0) is 37.0 Å². The molecule has 0 atom stereocenters. The van der Waals surface area contributed by atoms with Crippen molar-refractivity contribution in [2.45, 2.75) is 71.3 Å². The minimum absolute atomic E-state index is 0.687. The Hall–Kier alpha value is -0.730. The molecule has 23 heavy (non-hydrogen) atoms. The normalized spacial score (nSPS) is 10.9. The standard InChI is InChI=1S/C20H33ClO2/c1-2-3-4-6-10-17-23-20-13-11-19(12-14-20)18-22-16-9-7-5-8-15-21/h11-14H,2-10,15-18H2,1H3. The summed E-state index contributed by atoms with van der Waals surface area (Å²) in [6.45, 7) is 4.58. The number of unbranched alkanes of at least 4 members (excludes halogenated alkanes) is 7. The molecule has 0 fully saturated rings. The average Bonchev–Trinajstić information content (AvgIpc) is 2.58. The zero-order chi connectivity index (χ0) is 16.6. The molecule has 0 heterocycles. The van der Waals surface area contributed by atoms with Crippen LogP contribution in [-0.2, 0) is 11.3 Å². The molecule has 0 unspecified atom stereocenters. The van der Waals surface area contributed by atoms with E-state index >= 15 is 0 Å². The summed E-state index contributed by atoms with van der Waals surface area (Å²) in [4.78, 5) is 0. The van der Waals surface area contributed by atoms with E-state index in [2.05, 4.69) is 19.1 Å². The first-order valence-corrected chi connectivity index (χ1v) is 9.75. The van der Waals surface area contributed by atoms with Crippen LogP contribution in [0.5, 0.6) is 5.75 Å². The smallest absolute Gasteiger partial charge is 0.119 e. The fourth-order valence-electron chi connectivity index (χ4n) is 2.42. The van der Waals surface area contributed by atoms with Gasteiger partial charge in [0.05, 0.1) is 13.2 Å². The van der Waals surface area contributed by atoms with Crippen LogP contribution in [0.4, 0.5) is 0 Å². The number of hydrogen-bond donors (Lipinski definition) is 0. The first-order valence-electron chi connectivity index (χ1n) is 9.22. The van der Waals surface area contributed by atoms with Crippen LogP contribution in [0.3, 0.4) is 0 Å². The maximum Gasteiger partial charge on any atom is 0.119 e. The number of halogens is 1. The second kappa shape index (κ2) is 14.8. The van der Waals surface area contributed by atoms with Crippen molar-refractivity contribution in [3.8, 4) is 5.75 Å². The van der Waals surface area contributed by atoms with Crippen molar-refractivity contribution < 1.29 is 9.47 Å². The van der Waals surface area contributed by atoms with Crippen molar-refractivity contribution in [1.82, 2.24) is 0 Å². The van der Waals surface area contributed by atoms with E-state index in [-0.39, 0.29) is 0 Å². The Morgan fingerprint density at radius 1 is 0.783 bits per heavy atom. The Morgan fingerprint density at radius 2 is 1.43 bits per heavy atom. The van der Waals surface area contributed by atoms with Crippen LogP contribution in [0.25, 0.3) is 0 Å². The molecule has 0 amide bonds. The van der Waals surface area contributed by atoms with Crippen LogP contribution in [-0.4, -0.2) is 19.1 Å². The molecule has 0 aromatic heterocycles. The molecule has 2 nitrogen and oxygen atoms in total. The highest BCUT2D eigenvalue weighted by Gasteiger charge is 1.97. The topological polar surface area (TPSA) is 18.5 Å². The summed E-state index contributed by atoms with van der Waals surface area (Å²) in [5, 5.41) is 0. The SMILES string of the molecule is CCCCCCCOc1ccc(COCCCCCCCl)cc1. The Bertz CT molecular complexity index is 364. The fraction of sp³-hybridized carbons (Fsp3) is 0.700. The molecule has 0 spiro atoms. The first-order chi connectivity index (χ1) is 11.4. The van der Waals surface area contributed by atoms with Crippen LogP contribution in [0.1, 0.15) is 70.3 Å². The minimum Gasteiger partial charge on any atom is -0.494 e. The highest BCUT2D eigenvalue weighted by Crippen LogP contribution is 2.14. The lowest BCUT2D eigenvalue weighted by Crippen LogP contribution is -1.98. The van der Waals surface area contributed by atoms with Gasteiger partial charge in [0.1, 0.15) is 5.75 Å². The van der Waals surface area contributed by atoms with Crippen LogP contribution in [0, 0.1) is 0 Å². The first kappa shape index (κ1) is 20.3. The molecule has 0 aliphatic rings. The van der Waals surface area contributed by atoms with Crippen molar-refractivity contribution in [2.75, 3.05) is 19.1 Å². The lowest BCUT2D eigenvalue weighted by molar-refractivity contribution is 0.117. The molecular formula is C20H33ClO2. The van der Waals surface area contributed by atoms with Crippen LogP contribution >= 0.6 is 11.6 Å². The molecule has 0 radical (unpaired) electrons. The summed E-state index contributed by atoms with van der Waals surface area (Å²) in [6, 6.07) is 8.29. The van der Waals surface area contributed by atoms with E-state index in [1.54, 1.807) is 0 Å². The van der Waals surface area contributed by atoms with Gasteiger partial charge in [0, 0.05) is 12.5 Å². The molecular weight excluding hydrogens is 308 g/mol. The van der Waals surface area contributed by atoms with E-state index in [1.165, 1.54) is 44.1 Å². The molecule has 0 aliphatic carbocycles. The lowest BCUT2D eigenvalue weighted by Gasteiger charge is -2.08. The predicted molar refractivity (Wildman–Crippen MR) is 99.5 cm³/mol. The van der Waals surface area contributed by atoms with E-state index in [0.29, 0.717) is 6.61 Å². The zero-order valence-electron chi connectivity index (χ0n) is 14.7. The van der Waals surface area contributed by atoms with Crippen molar-refractivity contribution in [3.63, 3.8) is 0 Å². The molecule has 0 bridgehead atoms. The molecule has 0 saturated heterocycles. The predicted octanol–water partition coefficient (Wildman–Crippen LogP) is 6.35. The van der Waals surface area contributed by atoms with Crippen LogP contribution in [0.2, 0.25) is 0 Å². The maximum absolute atomic E-state index is 5.77. The monoisotopic (exact) mass is 340 g/mol. The van der Waals surface area contributed by atoms with Gasteiger partial charge in [-0.3, -0.25) is 0 Å². The second-order valence-corrected chi connectivity index (χ2v) is 6.44. The third-order valence-electron chi connectivity index (χ3n) is 3.88. The Morgan fingerprint density at radius 3 is 2.13 bits per heavy atom. The summed E-state index contributed by atoms with van der Waals surface area (Å²) in [5.74, 6) is 1.74. The van der Waals surface area contributed by atoms with Gasteiger partial charge in [-0.15, -0.1) is 11.6 Å². The van der Waals surface area contributed by atoms with Crippen molar-refractivity contribution in [3.05, 3.63) is 29.8 Å². The van der Waals surface area contributed by atoms with Gasteiger partial charge in [-0.2, -0.15) is 0 Å². The number of rotatable bonds is 15.